The Hall–Kier alpha value is -2.83. The summed E-state index contributed by atoms with van der Waals surface area (Å²) in [6.07, 6.45) is -4.55. The number of para-hydroxylation sites is 2. The lowest BCUT2D eigenvalue weighted by Gasteiger charge is -2.12. The van der Waals surface area contributed by atoms with Crippen molar-refractivity contribution < 1.29 is 27.5 Å². The molecule has 0 heterocycles. The molecule has 0 aromatic heterocycles. The lowest BCUT2D eigenvalue weighted by atomic mass is 10.1. The summed E-state index contributed by atoms with van der Waals surface area (Å²) in [4.78, 5) is 23.3. The number of anilines is 1. The SMILES string of the molecule is O=C(CCCOc1ccccc1)Nc1ccccc1C(=O)C(F)(F)F. The van der Waals surface area contributed by atoms with Crippen LogP contribution in [-0.2, 0) is 4.79 Å². The molecule has 0 saturated heterocycles. The molecule has 7 heteroatoms. The van der Waals surface area contributed by atoms with E-state index in [1.807, 2.05) is 18.2 Å². The van der Waals surface area contributed by atoms with Crippen molar-refractivity contribution in [3.8, 4) is 5.75 Å². The van der Waals surface area contributed by atoms with E-state index in [9.17, 15) is 22.8 Å². The van der Waals surface area contributed by atoms with Crippen LogP contribution in [0, 0.1) is 0 Å². The first-order valence-corrected chi connectivity index (χ1v) is 7.56. The maximum atomic E-state index is 12.6. The number of carbonyl (C=O) groups excluding carboxylic acids is 2. The Morgan fingerprint density at radius 1 is 0.960 bits per heavy atom. The number of Topliss-reactive ketones (excluding diaryl/α,β-unsaturated/α-hetero) is 1. The minimum absolute atomic E-state index is 0.0569. The fourth-order valence-electron chi connectivity index (χ4n) is 2.09. The molecule has 0 saturated carbocycles. The number of rotatable bonds is 7. The summed E-state index contributed by atoms with van der Waals surface area (Å²) in [5.74, 6) is -1.81. The summed E-state index contributed by atoms with van der Waals surface area (Å²) in [7, 11) is 0. The second-order valence-corrected chi connectivity index (χ2v) is 5.19. The third-order valence-electron chi connectivity index (χ3n) is 3.26. The van der Waals surface area contributed by atoms with E-state index in [-0.39, 0.29) is 12.1 Å². The van der Waals surface area contributed by atoms with Gasteiger partial charge in [0.1, 0.15) is 5.75 Å². The predicted molar refractivity (Wildman–Crippen MR) is 86.6 cm³/mol. The zero-order valence-electron chi connectivity index (χ0n) is 13.2. The lowest BCUT2D eigenvalue weighted by molar-refractivity contribution is -0.116. The Labute approximate surface area is 142 Å². The normalized spacial score (nSPS) is 11.0. The molecule has 0 atom stereocenters. The number of ether oxygens (including phenoxy) is 1. The first kappa shape index (κ1) is 18.5. The summed E-state index contributed by atoms with van der Waals surface area (Å²) in [6, 6.07) is 14.1. The monoisotopic (exact) mass is 351 g/mol. The van der Waals surface area contributed by atoms with E-state index in [2.05, 4.69) is 5.32 Å². The van der Waals surface area contributed by atoms with E-state index in [4.69, 9.17) is 4.74 Å². The maximum absolute atomic E-state index is 12.6. The van der Waals surface area contributed by atoms with Crippen LogP contribution in [0.2, 0.25) is 0 Å². The highest BCUT2D eigenvalue weighted by molar-refractivity contribution is 6.07. The fourth-order valence-corrected chi connectivity index (χ4v) is 2.09. The van der Waals surface area contributed by atoms with Crippen molar-refractivity contribution in [2.45, 2.75) is 19.0 Å². The second kappa shape index (κ2) is 8.32. The standard InChI is InChI=1S/C18H16F3NO3/c19-18(20,21)17(24)14-9-4-5-10-15(14)22-16(23)11-6-12-25-13-7-2-1-3-8-13/h1-5,7-10H,6,11-12H2,(H,22,23). The summed E-state index contributed by atoms with van der Waals surface area (Å²) < 4.78 is 43.2. The van der Waals surface area contributed by atoms with Gasteiger partial charge in [0.05, 0.1) is 17.9 Å². The number of hydrogen-bond acceptors (Lipinski definition) is 3. The number of amides is 1. The number of nitrogens with one attached hydrogen (secondary N) is 1. The third kappa shape index (κ3) is 5.63. The summed E-state index contributed by atoms with van der Waals surface area (Å²) in [5, 5.41) is 2.35. The van der Waals surface area contributed by atoms with Crippen LogP contribution in [0.3, 0.4) is 0 Å². The highest BCUT2D eigenvalue weighted by atomic mass is 19.4. The first-order chi connectivity index (χ1) is 11.9. The van der Waals surface area contributed by atoms with Crippen molar-refractivity contribution in [3.05, 3.63) is 60.2 Å². The zero-order chi connectivity index (χ0) is 18.3. The zero-order valence-corrected chi connectivity index (χ0v) is 13.2. The highest BCUT2D eigenvalue weighted by Gasteiger charge is 2.40. The van der Waals surface area contributed by atoms with Gasteiger partial charge in [-0.3, -0.25) is 9.59 Å². The molecule has 0 bridgehead atoms. The van der Waals surface area contributed by atoms with E-state index in [1.54, 1.807) is 12.1 Å². The topological polar surface area (TPSA) is 55.4 Å². The average molecular weight is 351 g/mol. The molecule has 2 aromatic carbocycles. The van der Waals surface area contributed by atoms with Gasteiger partial charge < -0.3 is 10.1 Å². The minimum atomic E-state index is -5.00. The Morgan fingerprint density at radius 3 is 2.28 bits per heavy atom. The van der Waals surface area contributed by atoms with Crippen molar-refractivity contribution in [2.75, 3.05) is 11.9 Å². The minimum Gasteiger partial charge on any atom is -0.494 e. The molecule has 25 heavy (non-hydrogen) atoms. The molecule has 0 aliphatic heterocycles. The van der Waals surface area contributed by atoms with Gasteiger partial charge in [0, 0.05) is 6.42 Å². The molecule has 4 nitrogen and oxygen atoms in total. The Balaban J connectivity index is 1.87. The van der Waals surface area contributed by atoms with Crippen LogP contribution in [0.25, 0.3) is 0 Å². The van der Waals surface area contributed by atoms with Gasteiger partial charge in [-0.05, 0) is 30.7 Å². The molecular weight excluding hydrogens is 335 g/mol. The quantitative estimate of drug-likeness (QED) is 0.600. The highest BCUT2D eigenvalue weighted by Crippen LogP contribution is 2.26. The van der Waals surface area contributed by atoms with Crippen molar-refractivity contribution in [1.82, 2.24) is 0 Å². The first-order valence-electron chi connectivity index (χ1n) is 7.56. The van der Waals surface area contributed by atoms with E-state index >= 15 is 0 Å². The molecule has 0 spiro atoms. The van der Waals surface area contributed by atoms with Crippen molar-refractivity contribution in [3.63, 3.8) is 0 Å². The Kier molecular flexibility index (Phi) is 6.16. The van der Waals surface area contributed by atoms with Gasteiger partial charge in [-0.2, -0.15) is 13.2 Å². The van der Waals surface area contributed by atoms with E-state index in [0.29, 0.717) is 18.8 Å². The van der Waals surface area contributed by atoms with Crippen LogP contribution >= 0.6 is 0 Å². The van der Waals surface area contributed by atoms with Gasteiger partial charge in [-0.15, -0.1) is 0 Å². The molecule has 0 radical (unpaired) electrons. The van der Waals surface area contributed by atoms with Gasteiger partial charge in [0.25, 0.3) is 5.78 Å². The number of alkyl halides is 3. The van der Waals surface area contributed by atoms with Gasteiger partial charge in [-0.25, -0.2) is 0 Å². The van der Waals surface area contributed by atoms with Gasteiger partial charge in [0.15, 0.2) is 0 Å². The van der Waals surface area contributed by atoms with Crippen molar-refractivity contribution in [2.24, 2.45) is 0 Å². The molecular formula is C18H16F3NO3. The summed E-state index contributed by atoms with van der Waals surface area (Å²) in [6.45, 7) is 0.292. The molecule has 2 aromatic rings. The molecule has 1 amide bonds. The van der Waals surface area contributed by atoms with Crippen LogP contribution in [0.5, 0.6) is 5.75 Å². The number of carbonyl (C=O) groups is 2. The van der Waals surface area contributed by atoms with Crippen LogP contribution in [0.15, 0.2) is 54.6 Å². The number of halogens is 3. The number of ketones is 1. The van der Waals surface area contributed by atoms with Crippen molar-refractivity contribution in [1.29, 1.82) is 0 Å². The maximum Gasteiger partial charge on any atom is 0.454 e. The summed E-state index contributed by atoms with van der Waals surface area (Å²) >= 11 is 0. The molecule has 0 unspecified atom stereocenters. The average Bonchev–Trinajstić information content (AvgIpc) is 2.59. The third-order valence-corrected chi connectivity index (χ3v) is 3.26. The molecule has 0 aliphatic carbocycles. The van der Waals surface area contributed by atoms with Crippen LogP contribution in [0.4, 0.5) is 18.9 Å². The van der Waals surface area contributed by atoms with Crippen LogP contribution in [0.1, 0.15) is 23.2 Å². The van der Waals surface area contributed by atoms with Gasteiger partial charge >= 0.3 is 6.18 Å². The van der Waals surface area contributed by atoms with E-state index in [0.717, 1.165) is 6.07 Å². The van der Waals surface area contributed by atoms with Crippen LogP contribution in [-0.4, -0.2) is 24.5 Å². The second-order valence-electron chi connectivity index (χ2n) is 5.19. The molecule has 1 N–H and O–H groups in total. The van der Waals surface area contributed by atoms with Gasteiger partial charge in [-0.1, -0.05) is 30.3 Å². The number of benzene rings is 2. The smallest absolute Gasteiger partial charge is 0.454 e. The Bertz CT molecular complexity index is 730. The van der Waals surface area contributed by atoms with Crippen molar-refractivity contribution >= 4 is 17.4 Å². The van der Waals surface area contributed by atoms with Gasteiger partial charge in [0.2, 0.25) is 5.91 Å². The molecule has 2 rings (SSSR count). The van der Waals surface area contributed by atoms with E-state index in [1.165, 1.54) is 18.2 Å². The largest absolute Gasteiger partial charge is 0.494 e. The fraction of sp³-hybridized carbons (Fsp3) is 0.222. The lowest BCUT2D eigenvalue weighted by Crippen LogP contribution is -2.25. The molecule has 0 aliphatic rings. The van der Waals surface area contributed by atoms with Crippen LogP contribution < -0.4 is 10.1 Å². The predicted octanol–water partition coefficient (Wildman–Crippen LogP) is 4.23. The molecule has 132 valence electrons. The molecule has 0 fully saturated rings. The summed E-state index contributed by atoms with van der Waals surface area (Å²) in [5.41, 5.74) is -0.734. The Morgan fingerprint density at radius 2 is 1.60 bits per heavy atom. The van der Waals surface area contributed by atoms with E-state index < -0.39 is 23.4 Å². The number of hydrogen-bond donors (Lipinski definition) is 1.